The third kappa shape index (κ3) is 5.12. The van der Waals surface area contributed by atoms with Gasteiger partial charge in [0, 0.05) is 11.8 Å². The Morgan fingerprint density at radius 3 is 2.55 bits per heavy atom. The van der Waals surface area contributed by atoms with Crippen molar-refractivity contribution in [2.24, 2.45) is 0 Å². The maximum absolute atomic E-state index is 12.0. The quantitative estimate of drug-likeness (QED) is 0.813. The van der Waals surface area contributed by atoms with Gasteiger partial charge < -0.3 is 10.5 Å². The highest BCUT2D eigenvalue weighted by atomic mass is 32.2. The van der Waals surface area contributed by atoms with Crippen LogP contribution in [0.25, 0.3) is 0 Å². The number of benzene rings is 1. The maximum Gasteiger partial charge on any atom is 0.441 e. The molecular formula is C11H14F3NO3S2. The highest BCUT2D eigenvalue weighted by Crippen LogP contribution is 2.31. The van der Waals surface area contributed by atoms with Crippen molar-refractivity contribution in [3.8, 4) is 5.75 Å². The summed E-state index contributed by atoms with van der Waals surface area (Å²) in [5.74, 6) is -0.912. The Bertz CT molecular complexity index is 559. The fraction of sp³-hybridized carbons (Fsp3) is 0.455. The van der Waals surface area contributed by atoms with Gasteiger partial charge in [0.15, 0.2) is 9.84 Å². The molecule has 0 saturated carbocycles. The Kier molecular flexibility index (Phi) is 5.58. The number of anilines is 1. The lowest BCUT2D eigenvalue weighted by Crippen LogP contribution is -2.14. The van der Waals surface area contributed by atoms with Gasteiger partial charge >= 0.3 is 5.51 Å². The van der Waals surface area contributed by atoms with Crippen LogP contribution in [0.3, 0.4) is 0 Å². The Hall–Kier alpha value is -1.09. The van der Waals surface area contributed by atoms with Crippen molar-refractivity contribution in [2.75, 3.05) is 23.8 Å². The van der Waals surface area contributed by atoms with Crippen LogP contribution in [0.2, 0.25) is 0 Å². The van der Waals surface area contributed by atoms with Gasteiger partial charge in [0.25, 0.3) is 0 Å². The van der Waals surface area contributed by atoms with Crippen LogP contribution in [0, 0.1) is 0 Å². The van der Waals surface area contributed by atoms with Crippen molar-refractivity contribution < 1.29 is 26.3 Å². The first-order valence-corrected chi connectivity index (χ1v) is 8.25. The molecule has 1 aromatic carbocycles. The summed E-state index contributed by atoms with van der Waals surface area (Å²) in [5, 5.41) is 0. The third-order valence-electron chi connectivity index (χ3n) is 2.25. The zero-order valence-corrected chi connectivity index (χ0v) is 12.2. The van der Waals surface area contributed by atoms with E-state index in [-0.39, 0.29) is 22.3 Å². The minimum atomic E-state index is -4.45. The minimum Gasteiger partial charge on any atom is -0.494 e. The summed E-state index contributed by atoms with van der Waals surface area (Å²) < 4.78 is 65.1. The molecule has 0 aliphatic rings. The van der Waals surface area contributed by atoms with Crippen molar-refractivity contribution in [1.29, 1.82) is 0 Å². The Labute approximate surface area is 119 Å². The van der Waals surface area contributed by atoms with E-state index in [1.807, 2.05) is 0 Å². The summed E-state index contributed by atoms with van der Waals surface area (Å²) in [6.07, 6.45) is 0. The van der Waals surface area contributed by atoms with E-state index in [0.717, 1.165) is 0 Å². The topological polar surface area (TPSA) is 69.4 Å². The number of hydrogen-bond acceptors (Lipinski definition) is 5. The van der Waals surface area contributed by atoms with E-state index in [0.29, 0.717) is 12.4 Å². The molecule has 0 fully saturated rings. The van der Waals surface area contributed by atoms with Gasteiger partial charge in [-0.2, -0.15) is 13.2 Å². The third-order valence-corrected chi connectivity index (χ3v) is 5.01. The van der Waals surface area contributed by atoms with Crippen LogP contribution in [-0.4, -0.2) is 32.0 Å². The lowest BCUT2D eigenvalue weighted by Gasteiger charge is -2.10. The average Bonchev–Trinajstić information content (AvgIpc) is 2.29. The van der Waals surface area contributed by atoms with Gasteiger partial charge in [-0.15, -0.1) is 0 Å². The predicted octanol–water partition coefficient (Wildman–Crippen LogP) is 2.69. The highest BCUT2D eigenvalue weighted by molar-refractivity contribution is 8.01. The second kappa shape index (κ2) is 6.57. The van der Waals surface area contributed by atoms with Gasteiger partial charge in [-0.3, -0.25) is 0 Å². The first-order valence-electron chi connectivity index (χ1n) is 5.61. The highest BCUT2D eigenvalue weighted by Gasteiger charge is 2.29. The zero-order valence-electron chi connectivity index (χ0n) is 10.6. The van der Waals surface area contributed by atoms with Crippen molar-refractivity contribution in [3.63, 3.8) is 0 Å². The summed E-state index contributed by atoms with van der Waals surface area (Å²) in [5.41, 5.74) is 1.11. The Morgan fingerprint density at radius 1 is 1.35 bits per heavy atom. The van der Waals surface area contributed by atoms with Crippen LogP contribution in [0.4, 0.5) is 18.9 Å². The monoisotopic (exact) mass is 329 g/mol. The molecular weight excluding hydrogens is 315 g/mol. The lowest BCUT2D eigenvalue weighted by molar-refractivity contribution is -0.0326. The molecule has 0 bridgehead atoms. The molecule has 2 N–H and O–H groups in total. The molecule has 20 heavy (non-hydrogen) atoms. The number of rotatable bonds is 6. The minimum absolute atomic E-state index is 0.00883. The maximum atomic E-state index is 12.0. The number of ether oxygens (including phenoxy) is 1. The summed E-state index contributed by atoms with van der Waals surface area (Å²) in [4.78, 5) is -0.203. The summed E-state index contributed by atoms with van der Waals surface area (Å²) in [7, 11) is -3.88. The van der Waals surface area contributed by atoms with Crippen molar-refractivity contribution in [2.45, 2.75) is 17.3 Å². The van der Waals surface area contributed by atoms with Crippen molar-refractivity contribution in [3.05, 3.63) is 18.2 Å². The molecule has 114 valence electrons. The van der Waals surface area contributed by atoms with Gasteiger partial charge in [0.2, 0.25) is 0 Å². The van der Waals surface area contributed by atoms with Crippen molar-refractivity contribution >= 4 is 27.3 Å². The van der Waals surface area contributed by atoms with Crippen molar-refractivity contribution in [1.82, 2.24) is 0 Å². The number of sulfone groups is 1. The van der Waals surface area contributed by atoms with Gasteiger partial charge in [-0.25, -0.2) is 8.42 Å². The van der Waals surface area contributed by atoms with Gasteiger partial charge in [0.1, 0.15) is 5.75 Å². The van der Waals surface area contributed by atoms with Gasteiger partial charge in [-0.1, -0.05) is 0 Å². The number of alkyl halides is 3. The molecule has 0 saturated heterocycles. The fourth-order valence-electron chi connectivity index (χ4n) is 1.42. The van der Waals surface area contributed by atoms with E-state index in [9.17, 15) is 21.6 Å². The smallest absolute Gasteiger partial charge is 0.441 e. The van der Waals surface area contributed by atoms with Crippen LogP contribution < -0.4 is 10.5 Å². The first kappa shape index (κ1) is 17.0. The number of nitrogen functional groups attached to an aromatic ring is 1. The number of hydrogen-bond donors (Lipinski definition) is 1. The lowest BCUT2D eigenvalue weighted by atomic mass is 10.3. The van der Waals surface area contributed by atoms with E-state index in [2.05, 4.69) is 0 Å². The Balaban J connectivity index is 2.89. The molecule has 0 unspecified atom stereocenters. The number of halogens is 3. The fourth-order valence-corrected chi connectivity index (χ4v) is 3.80. The molecule has 0 heterocycles. The number of nitrogens with two attached hydrogens (primary N) is 1. The molecule has 1 rings (SSSR count). The average molecular weight is 329 g/mol. The second-order valence-electron chi connectivity index (χ2n) is 3.75. The summed E-state index contributed by atoms with van der Waals surface area (Å²) in [6, 6.07) is 4.09. The van der Waals surface area contributed by atoms with E-state index in [1.54, 1.807) is 6.92 Å². The van der Waals surface area contributed by atoms with Gasteiger partial charge in [-0.05, 0) is 30.8 Å². The first-order chi connectivity index (χ1) is 9.15. The van der Waals surface area contributed by atoms with Crippen LogP contribution in [-0.2, 0) is 9.84 Å². The van der Waals surface area contributed by atoms with E-state index in [4.69, 9.17) is 10.5 Å². The standard InChI is InChI=1S/C11H14F3NO3S2/c1-2-18-8-3-4-9(15)10(7-8)20(16,17)6-5-19-11(12,13)14/h3-4,7H,2,5-6,15H2,1H3. The van der Waals surface area contributed by atoms with E-state index >= 15 is 0 Å². The molecule has 0 aliphatic carbocycles. The molecule has 4 nitrogen and oxygen atoms in total. The van der Waals surface area contributed by atoms with Crippen LogP contribution in [0.15, 0.2) is 23.1 Å². The molecule has 0 aromatic heterocycles. The molecule has 0 atom stereocenters. The SMILES string of the molecule is CCOc1ccc(N)c(S(=O)(=O)CCSC(F)(F)F)c1. The zero-order chi connectivity index (χ0) is 15.4. The molecule has 0 spiro atoms. The summed E-state index contributed by atoms with van der Waals surface area (Å²) in [6.45, 7) is 2.07. The Morgan fingerprint density at radius 2 is 2.00 bits per heavy atom. The van der Waals surface area contributed by atoms with Crippen LogP contribution in [0.5, 0.6) is 5.75 Å². The van der Waals surface area contributed by atoms with E-state index < -0.39 is 26.9 Å². The van der Waals surface area contributed by atoms with Crippen LogP contribution in [0.1, 0.15) is 6.92 Å². The summed E-state index contributed by atoms with van der Waals surface area (Å²) >= 11 is -0.376. The number of thioether (sulfide) groups is 1. The molecule has 0 aliphatic heterocycles. The molecule has 9 heteroatoms. The molecule has 0 radical (unpaired) electrons. The molecule has 0 amide bonds. The van der Waals surface area contributed by atoms with Crippen LogP contribution >= 0.6 is 11.8 Å². The normalized spacial score (nSPS) is 12.4. The van der Waals surface area contributed by atoms with Gasteiger partial charge in [0.05, 0.1) is 22.9 Å². The van der Waals surface area contributed by atoms with E-state index in [1.165, 1.54) is 18.2 Å². The second-order valence-corrected chi connectivity index (χ2v) is 6.98. The molecule has 1 aromatic rings. The largest absolute Gasteiger partial charge is 0.494 e. The predicted molar refractivity (Wildman–Crippen MR) is 72.6 cm³/mol.